The summed E-state index contributed by atoms with van der Waals surface area (Å²) in [6.07, 6.45) is 0. The molecule has 0 bridgehead atoms. The maximum atomic E-state index is 12.2. The minimum Gasteiger partial charge on any atom is -0.335 e. The SMILES string of the molecule is CN1CC(=O)N2CCN(C(=O)NCc3ccsc3)C[C@@H]2C1=O. The van der Waals surface area contributed by atoms with Gasteiger partial charge in [0.05, 0.1) is 13.1 Å². The number of amides is 4. The summed E-state index contributed by atoms with van der Waals surface area (Å²) in [7, 11) is 1.62. The van der Waals surface area contributed by atoms with Gasteiger partial charge in [-0.25, -0.2) is 4.79 Å². The third-order valence-electron chi connectivity index (χ3n) is 4.05. The molecule has 0 saturated carbocycles. The number of nitrogens with one attached hydrogen (secondary N) is 1. The molecule has 1 atom stereocenters. The van der Waals surface area contributed by atoms with Gasteiger partial charge in [-0.2, -0.15) is 11.3 Å². The van der Waals surface area contributed by atoms with E-state index < -0.39 is 6.04 Å². The number of rotatable bonds is 2. The summed E-state index contributed by atoms with van der Waals surface area (Å²) < 4.78 is 0. The van der Waals surface area contributed by atoms with Gasteiger partial charge in [-0.1, -0.05) is 0 Å². The number of hydrogen-bond donors (Lipinski definition) is 1. The number of urea groups is 1. The number of carbonyl (C=O) groups excluding carboxylic acids is 3. The fourth-order valence-corrected chi connectivity index (χ4v) is 3.45. The summed E-state index contributed by atoms with van der Waals surface area (Å²) in [6, 6.07) is 1.22. The molecule has 22 heavy (non-hydrogen) atoms. The number of thiophene rings is 1. The molecular weight excluding hydrogens is 304 g/mol. The largest absolute Gasteiger partial charge is 0.335 e. The standard InChI is InChI=1S/C14H18N4O3S/c1-16-8-12(19)18-4-3-17(7-11(18)13(16)20)14(21)15-6-10-2-5-22-9-10/h2,5,9,11H,3-4,6-8H2,1H3,(H,15,21)/t11-/m1/s1. The molecule has 1 N–H and O–H groups in total. The van der Waals surface area contributed by atoms with Crippen LogP contribution in [0.15, 0.2) is 16.8 Å². The zero-order valence-corrected chi connectivity index (χ0v) is 13.1. The van der Waals surface area contributed by atoms with Crippen LogP contribution in [0.5, 0.6) is 0 Å². The fraction of sp³-hybridized carbons (Fsp3) is 0.500. The second-order valence-corrected chi connectivity index (χ2v) is 6.31. The van der Waals surface area contributed by atoms with Gasteiger partial charge in [0, 0.05) is 26.7 Å². The van der Waals surface area contributed by atoms with Crippen molar-refractivity contribution in [2.75, 3.05) is 33.2 Å². The maximum Gasteiger partial charge on any atom is 0.317 e. The highest BCUT2D eigenvalue weighted by molar-refractivity contribution is 7.07. The van der Waals surface area contributed by atoms with Crippen LogP contribution in [0.25, 0.3) is 0 Å². The van der Waals surface area contributed by atoms with Gasteiger partial charge in [0.1, 0.15) is 6.04 Å². The number of fused-ring (bicyclic) bond motifs is 1. The van der Waals surface area contributed by atoms with E-state index in [1.807, 2.05) is 16.8 Å². The van der Waals surface area contributed by atoms with Crippen LogP contribution in [0.3, 0.4) is 0 Å². The Kier molecular flexibility index (Phi) is 4.02. The molecule has 8 heteroatoms. The van der Waals surface area contributed by atoms with Gasteiger partial charge in [-0.3, -0.25) is 9.59 Å². The van der Waals surface area contributed by atoms with E-state index in [9.17, 15) is 14.4 Å². The van der Waals surface area contributed by atoms with Gasteiger partial charge in [0.15, 0.2) is 0 Å². The molecule has 0 radical (unpaired) electrons. The molecule has 0 unspecified atom stereocenters. The smallest absolute Gasteiger partial charge is 0.317 e. The number of carbonyl (C=O) groups is 3. The van der Waals surface area contributed by atoms with Gasteiger partial charge in [-0.15, -0.1) is 0 Å². The number of nitrogens with zero attached hydrogens (tertiary/aromatic N) is 3. The topological polar surface area (TPSA) is 73.0 Å². The van der Waals surface area contributed by atoms with Crippen LogP contribution in [0, 0.1) is 0 Å². The summed E-state index contributed by atoms with van der Waals surface area (Å²) in [5, 5.41) is 6.80. The first-order chi connectivity index (χ1) is 10.6. The zero-order chi connectivity index (χ0) is 15.7. The predicted molar refractivity (Wildman–Crippen MR) is 81.3 cm³/mol. The quantitative estimate of drug-likeness (QED) is 0.829. The first-order valence-corrected chi connectivity index (χ1v) is 8.09. The van der Waals surface area contributed by atoms with Crippen molar-refractivity contribution >= 4 is 29.2 Å². The van der Waals surface area contributed by atoms with E-state index in [0.717, 1.165) is 5.56 Å². The molecule has 2 saturated heterocycles. The fourth-order valence-electron chi connectivity index (χ4n) is 2.79. The molecule has 1 aromatic rings. The second-order valence-electron chi connectivity index (χ2n) is 5.53. The van der Waals surface area contributed by atoms with E-state index >= 15 is 0 Å². The molecule has 4 amide bonds. The molecule has 2 fully saturated rings. The third-order valence-corrected chi connectivity index (χ3v) is 4.78. The Morgan fingerprint density at radius 1 is 1.41 bits per heavy atom. The van der Waals surface area contributed by atoms with Gasteiger partial charge in [0.25, 0.3) is 0 Å². The van der Waals surface area contributed by atoms with Crippen LogP contribution < -0.4 is 5.32 Å². The number of piperazine rings is 2. The van der Waals surface area contributed by atoms with Crippen LogP contribution in [0.2, 0.25) is 0 Å². The Hall–Kier alpha value is -2.09. The lowest BCUT2D eigenvalue weighted by molar-refractivity contribution is -0.157. The molecular formula is C14H18N4O3S. The summed E-state index contributed by atoms with van der Waals surface area (Å²) >= 11 is 1.58. The minimum atomic E-state index is -0.549. The molecule has 2 aliphatic rings. The lowest BCUT2D eigenvalue weighted by Gasteiger charge is -2.45. The lowest BCUT2D eigenvalue weighted by Crippen LogP contribution is -2.67. The summed E-state index contributed by atoms with van der Waals surface area (Å²) in [6.45, 7) is 1.72. The Morgan fingerprint density at radius 3 is 2.95 bits per heavy atom. The predicted octanol–water partition coefficient (Wildman–Crippen LogP) is -0.0575. The lowest BCUT2D eigenvalue weighted by atomic mass is 10.1. The molecule has 3 rings (SSSR count). The van der Waals surface area contributed by atoms with E-state index in [2.05, 4.69) is 5.32 Å². The van der Waals surface area contributed by atoms with Crippen molar-refractivity contribution in [2.24, 2.45) is 0 Å². The van der Waals surface area contributed by atoms with Crippen LogP contribution in [0.4, 0.5) is 4.79 Å². The summed E-state index contributed by atoms with van der Waals surface area (Å²) in [4.78, 5) is 41.0. The molecule has 2 aliphatic heterocycles. The average Bonchev–Trinajstić information content (AvgIpc) is 3.03. The summed E-state index contributed by atoms with van der Waals surface area (Å²) in [5.74, 6) is -0.152. The minimum absolute atomic E-state index is 0.0505. The van der Waals surface area contributed by atoms with E-state index in [1.165, 1.54) is 4.90 Å². The molecule has 0 aliphatic carbocycles. The summed E-state index contributed by atoms with van der Waals surface area (Å²) in [5.41, 5.74) is 1.06. The normalized spacial score (nSPS) is 21.9. The van der Waals surface area contributed by atoms with Crippen LogP contribution >= 0.6 is 11.3 Å². The Bertz CT molecular complexity index is 589. The van der Waals surface area contributed by atoms with Crippen LogP contribution in [-0.4, -0.2) is 71.8 Å². The zero-order valence-electron chi connectivity index (χ0n) is 12.3. The van der Waals surface area contributed by atoms with Crippen molar-refractivity contribution in [3.05, 3.63) is 22.4 Å². The van der Waals surface area contributed by atoms with Crippen molar-refractivity contribution in [1.82, 2.24) is 20.0 Å². The van der Waals surface area contributed by atoms with E-state index in [1.54, 1.807) is 28.2 Å². The van der Waals surface area contributed by atoms with Crippen molar-refractivity contribution < 1.29 is 14.4 Å². The first-order valence-electron chi connectivity index (χ1n) is 7.14. The second kappa shape index (κ2) is 5.96. The highest BCUT2D eigenvalue weighted by atomic mass is 32.1. The van der Waals surface area contributed by atoms with Crippen LogP contribution in [-0.2, 0) is 16.1 Å². The van der Waals surface area contributed by atoms with E-state index in [-0.39, 0.29) is 30.9 Å². The molecule has 0 aromatic carbocycles. The van der Waals surface area contributed by atoms with Gasteiger partial charge >= 0.3 is 6.03 Å². The number of hydrogen-bond acceptors (Lipinski definition) is 4. The molecule has 7 nitrogen and oxygen atoms in total. The molecule has 0 spiro atoms. The Morgan fingerprint density at radius 2 is 2.23 bits per heavy atom. The van der Waals surface area contributed by atoms with Crippen molar-refractivity contribution in [2.45, 2.75) is 12.6 Å². The first kappa shape index (κ1) is 14.8. The highest BCUT2D eigenvalue weighted by Crippen LogP contribution is 2.17. The maximum absolute atomic E-state index is 12.2. The molecule has 3 heterocycles. The van der Waals surface area contributed by atoms with E-state index in [4.69, 9.17) is 0 Å². The van der Waals surface area contributed by atoms with Crippen molar-refractivity contribution in [1.29, 1.82) is 0 Å². The van der Waals surface area contributed by atoms with Gasteiger partial charge < -0.3 is 20.0 Å². The van der Waals surface area contributed by atoms with Crippen molar-refractivity contribution in [3.8, 4) is 0 Å². The number of likely N-dealkylation sites (N-methyl/N-ethyl adjacent to an activating group) is 1. The van der Waals surface area contributed by atoms with Crippen LogP contribution in [0.1, 0.15) is 5.56 Å². The Labute approximate surface area is 132 Å². The average molecular weight is 322 g/mol. The highest BCUT2D eigenvalue weighted by Gasteiger charge is 2.42. The van der Waals surface area contributed by atoms with Gasteiger partial charge in [0.2, 0.25) is 11.8 Å². The third kappa shape index (κ3) is 2.78. The molecule has 1 aromatic heterocycles. The Balaban J connectivity index is 1.61. The molecule has 118 valence electrons. The van der Waals surface area contributed by atoms with Gasteiger partial charge in [-0.05, 0) is 22.4 Å². The van der Waals surface area contributed by atoms with Crippen molar-refractivity contribution in [3.63, 3.8) is 0 Å². The van der Waals surface area contributed by atoms with E-state index in [0.29, 0.717) is 19.6 Å². The monoisotopic (exact) mass is 322 g/mol.